The van der Waals surface area contributed by atoms with E-state index in [9.17, 15) is 15.2 Å². The van der Waals surface area contributed by atoms with Crippen LogP contribution in [0.4, 0.5) is 5.69 Å². The predicted molar refractivity (Wildman–Crippen MR) is 70.0 cm³/mol. The Morgan fingerprint density at radius 1 is 1.11 bits per heavy atom. The Balaban J connectivity index is 2.05. The van der Waals surface area contributed by atoms with Crippen LogP contribution in [-0.4, -0.2) is 16.6 Å². The van der Waals surface area contributed by atoms with E-state index in [0.717, 1.165) is 0 Å². The van der Waals surface area contributed by atoms with Crippen LogP contribution in [0.15, 0.2) is 54.6 Å². The van der Waals surface area contributed by atoms with Crippen molar-refractivity contribution in [2.45, 2.75) is 6.10 Å². The minimum atomic E-state index is -0.819. The number of nitro groups is 1. The van der Waals surface area contributed by atoms with Crippen LogP contribution in [-0.2, 0) is 0 Å². The van der Waals surface area contributed by atoms with E-state index >= 15 is 0 Å². The van der Waals surface area contributed by atoms with E-state index in [1.165, 1.54) is 12.1 Å². The second-order valence-corrected chi connectivity index (χ2v) is 3.96. The van der Waals surface area contributed by atoms with Crippen molar-refractivity contribution in [2.24, 2.45) is 0 Å². The molecule has 0 heterocycles. The van der Waals surface area contributed by atoms with Crippen LogP contribution < -0.4 is 4.74 Å². The Labute approximate surface area is 110 Å². The number of nitrogens with zero attached hydrogens (tertiary/aromatic N) is 1. The van der Waals surface area contributed by atoms with Crippen molar-refractivity contribution in [3.05, 3.63) is 70.3 Å². The van der Waals surface area contributed by atoms with Crippen LogP contribution in [0.3, 0.4) is 0 Å². The average Bonchev–Trinajstić information content (AvgIpc) is 2.46. The van der Waals surface area contributed by atoms with Crippen LogP contribution >= 0.6 is 0 Å². The average molecular weight is 259 g/mol. The van der Waals surface area contributed by atoms with E-state index in [-0.39, 0.29) is 18.0 Å². The third-order valence-electron chi connectivity index (χ3n) is 2.64. The summed E-state index contributed by atoms with van der Waals surface area (Å²) in [6.45, 7) is -0.0329. The van der Waals surface area contributed by atoms with Gasteiger partial charge in [-0.05, 0) is 11.6 Å². The first kappa shape index (κ1) is 13.0. The summed E-state index contributed by atoms with van der Waals surface area (Å²) in [5.41, 5.74) is 0.601. The minimum absolute atomic E-state index is 0.0329. The van der Waals surface area contributed by atoms with E-state index < -0.39 is 11.0 Å². The van der Waals surface area contributed by atoms with Crippen molar-refractivity contribution in [3.63, 3.8) is 0 Å². The van der Waals surface area contributed by atoms with Gasteiger partial charge in [-0.25, -0.2) is 0 Å². The number of ether oxygens (including phenoxy) is 1. The Bertz CT molecular complexity index is 556. The van der Waals surface area contributed by atoms with Crippen LogP contribution in [0, 0.1) is 10.1 Å². The number of nitro benzene ring substituents is 1. The van der Waals surface area contributed by atoms with Gasteiger partial charge in [0.25, 0.3) is 0 Å². The van der Waals surface area contributed by atoms with Gasteiger partial charge in [0.2, 0.25) is 0 Å². The number of hydrogen-bond acceptors (Lipinski definition) is 4. The molecule has 1 N–H and O–H groups in total. The highest BCUT2D eigenvalue weighted by molar-refractivity contribution is 5.45. The van der Waals surface area contributed by atoms with Crippen LogP contribution in [0.1, 0.15) is 11.7 Å². The number of benzene rings is 2. The van der Waals surface area contributed by atoms with Gasteiger partial charge in [-0.15, -0.1) is 0 Å². The molecule has 2 rings (SSSR count). The number of aliphatic hydroxyl groups excluding tert-OH is 1. The zero-order valence-electron chi connectivity index (χ0n) is 10.1. The van der Waals surface area contributed by atoms with Gasteiger partial charge in [-0.3, -0.25) is 10.1 Å². The molecule has 0 amide bonds. The van der Waals surface area contributed by atoms with Gasteiger partial charge < -0.3 is 9.84 Å². The maximum absolute atomic E-state index is 10.8. The zero-order valence-corrected chi connectivity index (χ0v) is 10.1. The number of aliphatic hydroxyl groups is 1. The summed E-state index contributed by atoms with van der Waals surface area (Å²) < 4.78 is 5.32. The maximum Gasteiger partial charge on any atom is 0.310 e. The monoisotopic (exact) mass is 259 g/mol. The summed E-state index contributed by atoms with van der Waals surface area (Å²) in [6.07, 6.45) is -0.819. The molecular weight excluding hydrogens is 246 g/mol. The molecule has 2 aromatic rings. The predicted octanol–water partition coefficient (Wildman–Crippen LogP) is 2.71. The minimum Gasteiger partial charge on any atom is -0.484 e. The SMILES string of the molecule is O=[N+]([O-])c1ccccc1OCC(O)c1ccccc1. The number of rotatable bonds is 5. The molecular formula is C14H13NO4. The normalized spacial score (nSPS) is 11.8. The first-order valence-corrected chi connectivity index (χ1v) is 5.77. The lowest BCUT2D eigenvalue weighted by Gasteiger charge is -2.12. The highest BCUT2D eigenvalue weighted by atomic mass is 16.6. The van der Waals surface area contributed by atoms with E-state index in [1.807, 2.05) is 18.2 Å². The summed E-state index contributed by atoms with van der Waals surface area (Å²) in [4.78, 5) is 10.3. The Kier molecular flexibility index (Phi) is 4.10. The van der Waals surface area contributed by atoms with Gasteiger partial charge in [-0.2, -0.15) is 0 Å². The molecule has 0 fully saturated rings. The van der Waals surface area contributed by atoms with Gasteiger partial charge in [0.15, 0.2) is 5.75 Å². The van der Waals surface area contributed by atoms with Gasteiger partial charge in [0, 0.05) is 6.07 Å². The lowest BCUT2D eigenvalue weighted by molar-refractivity contribution is -0.385. The summed E-state index contributed by atoms with van der Waals surface area (Å²) in [7, 11) is 0. The van der Waals surface area contributed by atoms with Crippen LogP contribution in [0.5, 0.6) is 5.75 Å². The van der Waals surface area contributed by atoms with Crippen molar-refractivity contribution in [3.8, 4) is 5.75 Å². The summed E-state index contributed by atoms with van der Waals surface area (Å²) in [6, 6.07) is 15.1. The second kappa shape index (κ2) is 5.97. The summed E-state index contributed by atoms with van der Waals surface area (Å²) in [5.74, 6) is 0.155. The molecule has 2 aromatic carbocycles. The smallest absolute Gasteiger partial charge is 0.310 e. The van der Waals surface area contributed by atoms with Crippen LogP contribution in [0.25, 0.3) is 0 Å². The van der Waals surface area contributed by atoms with Crippen molar-refractivity contribution < 1.29 is 14.8 Å². The van der Waals surface area contributed by atoms with Crippen molar-refractivity contribution in [1.82, 2.24) is 0 Å². The summed E-state index contributed by atoms with van der Waals surface area (Å²) in [5, 5.41) is 20.7. The highest BCUT2D eigenvalue weighted by Gasteiger charge is 2.15. The largest absolute Gasteiger partial charge is 0.484 e. The number of hydrogen-bond donors (Lipinski definition) is 1. The van der Waals surface area contributed by atoms with Gasteiger partial charge in [-0.1, -0.05) is 42.5 Å². The molecule has 0 aromatic heterocycles. The molecule has 0 spiro atoms. The van der Waals surface area contributed by atoms with Gasteiger partial charge in [0.1, 0.15) is 12.7 Å². The lowest BCUT2D eigenvalue weighted by Crippen LogP contribution is -2.10. The Morgan fingerprint density at radius 3 is 2.42 bits per heavy atom. The quantitative estimate of drug-likeness (QED) is 0.661. The number of para-hydroxylation sites is 2. The standard InChI is InChI=1S/C14H13NO4/c16-13(11-6-2-1-3-7-11)10-19-14-9-5-4-8-12(14)15(17)18/h1-9,13,16H,10H2. The topological polar surface area (TPSA) is 72.6 Å². The van der Waals surface area contributed by atoms with Crippen molar-refractivity contribution in [2.75, 3.05) is 6.61 Å². The zero-order chi connectivity index (χ0) is 13.7. The molecule has 5 heteroatoms. The fourth-order valence-corrected chi connectivity index (χ4v) is 1.67. The molecule has 1 atom stereocenters. The molecule has 0 aliphatic rings. The molecule has 0 bridgehead atoms. The molecule has 0 radical (unpaired) electrons. The maximum atomic E-state index is 10.8. The van der Waals surface area contributed by atoms with E-state index in [2.05, 4.69) is 0 Å². The molecule has 19 heavy (non-hydrogen) atoms. The fraction of sp³-hybridized carbons (Fsp3) is 0.143. The van der Waals surface area contributed by atoms with Crippen LogP contribution in [0.2, 0.25) is 0 Å². The van der Waals surface area contributed by atoms with Crippen molar-refractivity contribution in [1.29, 1.82) is 0 Å². The Hall–Kier alpha value is -2.40. The molecule has 1 unspecified atom stereocenters. The molecule has 0 saturated carbocycles. The van der Waals surface area contributed by atoms with Gasteiger partial charge >= 0.3 is 5.69 Å². The fourth-order valence-electron chi connectivity index (χ4n) is 1.67. The molecule has 5 nitrogen and oxygen atoms in total. The second-order valence-electron chi connectivity index (χ2n) is 3.96. The summed E-state index contributed by atoms with van der Waals surface area (Å²) >= 11 is 0. The third-order valence-corrected chi connectivity index (χ3v) is 2.64. The first-order valence-electron chi connectivity index (χ1n) is 5.77. The van der Waals surface area contributed by atoms with E-state index in [4.69, 9.17) is 4.74 Å². The highest BCUT2D eigenvalue weighted by Crippen LogP contribution is 2.26. The Morgan fingerprint density at radius 2 is 1.74 bits per heavy atom. The molecule has 0 aliphatic heterocycles. The molecule has 0 aliphatic carbocycles. The van der Waals surface area contributed by atoms with Gasteiger partial charge in [0.05, 0.1) is 4.92 Å². The molecule has 0 saturated heterocycles. The third kappa shape index (κ3) is 3.29. The molecule has 98 valence electrons. The van der Waals surface area contributed by atoms with Crippen molar-refractivity contribution >= 4 is 5.69 Å². The first-order chi connectivity index (χ1) is 9.18. The van der Waals surface area contributed by atoms with E-state index in [1.54, 1.807) is 24.3 Å². The van der Waals surface area contributed by atoms with E-state index in [0.29, 0.717) is 5.56 Å². The lowest BCUT2D eigenvalue weighted by atomic mass is 10.1.